The van der Waals surface area contributed by atoms with Gasteiger partial charge < -0.3 is 10.1 Å². The standard InChI is InChI=1S/C17H33NO/c1-5-17(4)15(12-16(17)19-6-2)18-13(3)14-10-8-7-9-11-14/h13-16,18H,5-12H2,1-4H3. The van der Waals surface area contributed by atoms with Crippen LogP contribution >= 0.6 is 0 Å². The highest BCUT2D eigenvalue weighted by Crippen LogP contribution is 2.46. The summed E-state index contributed by atoms with van der Waals surface area (Å²) in [4.78, 5) is 0. The van der Waals surface area contributed by atoms with E-state index in [1.54, 1.807) is 0 Å². The van der Waals surface area contributed by atoms with Gasteiger partial charge in [0.1, 0.15) is 0 Å². The molecule has 0 bridgehead atoms. The Morgan fingerprint density at radius 3 is 2.47 bits per heavy atom. The average Bonchev–Trinajstić information content (AvgIpc) is 2.46. The maximum atomic E-state index is 5.90. The fourth-order valence-corrected chi connectivity index (χ4v) is 4.10. The molecule has 2 aliphatic carbocycles. The fourth-order valence-electron chi connectivity index (χ4n) is 4.10. The van der Waals surface area contributed by atoms with Crippen molar-refractivity contribution in [3.8, 4) is 0 Å². The first-order valence-electron chi connectivity index (χ1n) is 8.49. The molecule has 0 aliphatic heterocycles. The Kier molecular flexibility index (Phi) is 5.30. The summed E-state index contributed by atoms with van der Waals surface area (Å²) < 4.78 is 5.90. The minimum absolute atomic E-state index is 0.346. The van der Waals surface area contributed by atoms with Crippen LogP contribution in [0.15, 0.2) is 0 Å². The van der Waals surface area contributed by atoms with Gasteiger partial charge >= 0.3 is 0 Å². The molecule has 0 saturated heterocycles. The van der Waals surface area contributed by atoms with E-state index in [1.165, 1.54) is 44.9 Å². The highest BCUT2D eigenvalue weighted by atomic mass is 16.5. The molecular weight excluding hydrogens is 234 g/mol. The molecular formula is C17H33NO. The number of nitrogens with one attached hydrogen (secondary N) is 1. The molecule has 2 fully saturated rings. The van der Waals surface area contributed by atoms with Crippen molar-refractivity contribution >= 4 is 0 Å². The minimum Gasteiger partial charge on any atom is -0.378 e. The second-order valence-electron chi connectivity index (χ2n) is 6.95. The molecule has 19 heavy (non-hydrogen) atoms. The molecule has 0 amide bonds. The topological polar surface area (TPSA) is 21.3 Å². The smallest absolute Gasteiger partial charge is 0.0658 e. The molecule has 2 aliphatic rings. The number of hydrogen-bond donors (Lipinski definition) is 1. The molecule has 0 aromatic heterocycles. The van der Waals surface area contributed by atoms with E-state index in [0.717, 1.165) is 12.5 Å². The summed E-state index contributed by atoms with van der Waals surface area (Å²) >= 11 is 0. The SMILES string of the molecule is CCOC1CC(NC(C)C2CCCCC2)C1(C)CC. The van der Waals surface area contributed by atoms with Crippen molar-refractivity contribution in [1.82, 2.24) is 5.32 Å². The van der Waals surface area contributed by atoms with E-state index in [2.05, 4.69) is 33.0 Å². The molecule has 112 valence electrons. The van der Waals surface area contributed by atoms with Gasteiger partial charge in [0, 0.05) is 24.1 Å². The predicted molar refractivity (Wildman–Crippen MR) is 81.4 cm³/mol. The molecule has 0 spiro atoms. The quantitative estimate of drug-likeness (QED) is 0.781. The summed E-state index contributed by atoms with van der Waals surface area (Å²) in [7, 11) is 0. The molecule has 0 aromatic carbocycles. The summed E-state index contributed by atoms with van der Waals surface area (Å²) in [5.74, 6) is 0.904. The second-order valence-corrected chi connectivity index (χ2v) is 6.95. The normalized spacial score (nSPS) is 37.9. The first-order valence-corrected chi connectivity index (χ1v) is 8.49. The van der Waals surface area contributed by atoms with E-state index in [1.807, 2.05) is 0 Å². The average molecular weight is 267 g/mol. The maximum absolute atomic E-state index is 5.90. The molecule has 4 unspecified atom stereocenters. The Labute approximate surface area is 119 Å². The van der Waals surface area contributed by atoms with Crippen molar-refractivity contribution in [2.45, 2.75) is 90.8 Å². The molecule has 0 heterocycles. The van der Waals surface area contributed by atoms with E-state index in [4.69, 9.17) is 4.74 Å². The van der Waals surface area contributed by atoms with Gasteiger partial charge in [0.15, 0.2) is 0 Å². The van der Waals surface area contributed by atoms with Crippen LogP contribution in [0.1, 0.15) is 72.6 Å². The van der Waals surface area contributed by atoms with Crippen LogP contribution in [0.3, 0.4) is 0 Å². The third kappa shape index (κ3) is 3.16. The Morgan fingerprint density at radius 1 is 1.21 bits per heavy atom. The van der Waals surface area contributed by atoms with Crippen LogP contribution in [-0.4, -0.2) is 24.8 Å². The van der Waals surface area contributed by atoms with Crippen molar-refractivity contribution < 1.29 is 4.74 Å². The summed E-state index contributed by atoms with van der Waals surface area (Å²) in [6.07, 6.45) is 10.1. The van der Waals surface area contributed by atoms with Crippen molar-refractivity contribution in [1.29, 1.82) is 0 Å². The lowest BCUT2D eigenvalue weighted by atomic mass is 9.61. The third-order valence-corrected chi connectivity index (χ3v) is 5.93. The van der Waals surface area contributed by atoms with E-state index in [0.29, 0.717) is 23.6 Å². The van der Waals surface area contributed by atoms with Gasteiger partial charge in [-0.2, -0.15) is 0 Å². The van der Waals surface area contributed by atoms with Crippen LogP contribution in [0.5, 0.6) is 0 Å². The van der Waals surface area contributed by atoms with Crippen LogP contribution in [0.4, 0.5) is 0 Å². The number of hydrogen-bond acceptors (Lipinski definition) is 2. The third-order valence-electron chi connectivity index (χ3n) is 5.93. The second kappa shape index (κ2) is 6.58. The minimum atomic E-state index is 0.346. The molecule has 0 aromatic rings. The van der Waals surface area contributed by atoms with Crippen LogP contribution in [0, 0.1) is 11.3 Å². The van der Waals surface area contributed by atoms with Gasteiger partial charge in [-0.05, 0) is 45.4 Å². The summed E-state index contributed by atoms with van der Waals surface area (Å²) in [6.45, 7) is 10.1. The zero-order chi connectivity index (χ0) is 13.9. The van der Waals surface area contributed by atoms with Gasteiger partial charge in [-0.3, -0.25) is 0 Å². The highest BCUT2D eigenvalue weighted by molar-refractivity contribution is 5.05. The van der Waals surface area contributed by atoms with Crippen LogP contribution in [-0.2, 0) is 4.74 Å². The number of rotatable bonds is 6. The van der Waals surface area contributed by atoms with Crippen molar-refractivity contribution in [3.05, 3.63) is 0 Å². The summed E-state index contributed by atoms with van der Waals surface area (Å²) in [5, 5.41) is 3.94. The zero-order valence-electron chi connectivity index (χ0n) is 13.4. The fraction of sp³-hybridized carbons (Fsp3) is 1.00. The van der Waals surface area contributed by atoms with Crippen LogP contribution in [0.25, 0.3) is 0 Å². The van der Waals surface area contributed by atoms with Crippen LogP contribution in [0.2, 0.25) is 0 Å². The Balaban J connectivity index is 1.85. The van der Waals surface area contributed by atoms with Crippen LogP contribution < -0.4 is 5.32 Å². The van der Waals surface area contributed by atoms with Gasteiger partial charge in [0.05, 0.1) is 6.10 Å². The monoisotopic (exact) mass is 267 g/mol. The van der Waals surface area contributed by atoms with Gasteiger partial charge in [-0.15, -0.1) is 0 Å². The Bertz CT molecular complexity index is 274. The number of ether oxygens (including phenoxy) is 1. The van der Waals surface area contributed by atoms with Crippen molar-refractivity contribution in [3.63, 3.8) is 0 Å². The molecule has 2 saturated carbocycles. The first kappa shape index (κ1) is 15.3. The highest BCUT2D eigenvalue weighted by Gasteiger charge is 2.51. The van der Waals surface area contributed by atoms with Crippen molar-refractivity contribution in [2.75, 3.05) is 6.61 Å². The molecule has 2 nitrogen and oxygen atoms in total. The van der Waals surface area contributed by atoms with E-state index >= 15 is 0 Å². The summed E-state index contributed by atoms with van der Waals surface area (Å²) in [5.41, 5.74) is 0.346. The molecule has 2 heteroatoms. The maximum Gasteiger partial charge on any atom is 0.0658 e. The predicted octanol–water partition coefficient (Wildman–Crippen LogP) is 4.14. The van der Waals surface area contributed by atoms with Crippen molar-refractivity contribution in [2.24, 2.45) is 11.3 Å². The van der Waals surface area contributed by atoms with Gasteiger partial charge in [-0.25, -0.2) is 0 Å². The lowest BCUT2D eigenvalue weighted by Crippen LogP contribution is -2.64. The van der Waals surface area contributed by atoms with E-state index in [9.17, 15) is 0 Å². The Hall–Kier alpha value is -0.0800. The van der Waals surface area contributed by atoms with Gasteiger partial charge in [0.2, 0.25) is 0 Å². The van der Waals surface area contributed by atoms with Gasteiger partial charge in [-0.1, -0.05) is 33.1 Å². The summed E-state index contributed by atoms with van der Waals surface area (Å²) in [6, 6.07) is 1.34. The molecule has 0 radical (unpaired) electrons. The molecule has 4 atom stereocenters. The zero-order valence-corrected chi connectivity index (χ0v) is 13.4. The van der Waals surface area contributed by atoms with E-state index in [-0.39, 0.29) is 0 Å². The molecule has 1 N–H and O–H groups in total. The lowest BCUT2D eigenvalue weighted by Gasteiger charge is -2.55. The Morgan fingerprint density at radius 2 is 1.89 bits per heavy atom. The largest absolute Gasteiger partial charge is 0.378 e. The van der Waals surface area contributed by atoms with Gasteiger partial charge in [0.25, 0.3) is 0 Å². The lowest BCUT2D eigenvalue weighted by molar-refractivity contribution is -0.129. The first-order chi connectivity index (χ1) is 9.11. The van der Waals surface area contributed by atoms with E-state index < -0.39 is 0 Å². The molecule has 2 rings (SSSR count).